The average molecular weight is 452 g/mol. The van der Waals surface area contributed by atoms with Crippen LogP contribution in [-0.4, -0.2) is 67.9 Å². The van der Waals surface area contributed by atoms with Crippen LogP contribution in [0.2, 0.25) is 0 Å². The monoisotopic (exact) mass is 452 g/mol. The summed E-state index contributed by atoms with van der Waals surface area (Å²) in [5.74, 6) is -1.05. The Morgan fingerprint density at radius 1 is 1.32 bits per heavy atom. The van der Waals surface area contributed by atoms with Crippen molar-refractivity contribution >= 4 is 39.4 Å². The molecule has 0 aromatic carbocycles. The molecule has 2 aromatic rings. The van der Waals surface area contributed by atoms with Gasteiger partial charge in [-0.15, -0.1) is 10.2 Å². The van der Waals surface area contributed by atoms with E-state index in [4.69, 9.17) is 19.3 Å². The van der Waals surface area contributed by atoms with E-state index in [-0.39, 0.29) is 29.8 Å². The Hall–Kier alpha value is -3.29. The van der Waals surface area contributed by atoms with Crippen molar-refractivity contribution in [2.45, 2.75) is 6.92 Å². The van der Waals surface area contributed by atoms with E-state index in [1.54, 1.807) is 11.8 Å². The molecule has 0 aliphatic heterocycles. The number of nitrogens with one attached hydrogen (secondary N) is 3. The van der Waals surface area contributed by atoms with Crippen LogP contribution in [0.15, 0.2) is 27.1 Å². The minimum atomic E-state index is -0.836. The zero-order valence-electron chi connectivity index (χ0n) is 17.3. The maximum atomic E-state index is 12.6. The van der Waals surface area contributed by atoms with Crippen molar-refractivity contribution in [1.29, 1.82) is 5.41 Å². The summed E-state index contributed by atoms with van der Waals surface area (Å²) in [7, 11) is 2.84. The van der Waals surface area contributed by atoms with Crippen LogP contribution in [-0.2, 0) is 4.74 Å². The number of allylic oxidation sites excluding steroid dienone is 2. The topological polar surface area (TPSA) is 163 Å². The van der Waals surface area contributed by atoms with Gasteiger partial charge >= 0.3 is 5.63 Å². The minimum absolute atomic E-state index is 0.0861. The first-order valence-electron chi connectivity index (χ1n) is 9.09. The normalized spacial score (nSPS) is 11.2. The summed E-state index contributed by atoms with van der Waals surface area (Å²) in [5, 5.41) is 30.2. The van der Waals surface area contributed by atoms with Gasteiger partial charge in [-0.05, 0) is 13.0 Å². The fraction of sp³-hybridized carbons (Fsp3) is 0.389. The second-order valence-corrected chi connectivity index (χ2v) is 7.01. The van der Waals surface area contributed by atoms with Crippen molar-refractivity contribution in [1.82, 2.24) is 10.2 Å². The van der Waals surface area contributed by atoms with Gasteiger partial charge in [-0.25, -0.2) is 4.79 Å². The third kappa shape index (κ3) is 6.60. The molecule has 0 unspecified atom stereocenters. The first kappa shape index (κ1) is 24.0. The Bertz CT molecular complexity index is 988. The number of anilines is 3. The highest BCUT2D eigenvalue weighted by Gasteiger charge is 2.22. The van der Waals surface area contributed by atoms with E-state index in [9.17, 15) is 14.7 Å². The largest absolute Gasteiger partial charge is 0.488 e. The Morgan fingerprint density at radius 3 is 2.65 bits per heavy atom. The molecular weight excluding hydrogens is 428 g/mol. The number of hydrogen-bond donors (Lipinski definition) is 4. The van der Waals surface area contributed by atoms with Crippen LogP contribution < -0.4 is 25.9 Å². The van der Waals surface area contributed by atoms with Crippen molar-refractivity contribution in [2.24, 2.45) is 0 Å². The summed E-state index contributed by atoms with van der Waals surface area (Å²) in [5.41, 5.74) is 0.134. The molecule has 0 aliphatic rings. The van der Waals surface area contributed by atoms with Gasteiger partial charge in [-0.2, -0.15) is 0 Å². The lowest BCUT2D eigenvalue weighted by Crippen LogP contribution is -2.32. The first-order valence-corrected chi connectivity index (χ1v) is 9.91. The number of nitrogens with zero attached hydrogens (tertiary/aromatic N) is 3. The van der Waals surface area contributed by atoms with Crippen molar-refractivity contribution in [3.8, 4) is 5.75 Å². The van der Waals surface area contributed by atoms with E-state index in [1.165, 1.54) is 26.4 Å². The van der Waals surface area contributed by atoms with Crippen molar-refractivity contribution < 1.29 is 23.8 Å². The van der Waals surface area contributed by atoms with Gasteiger partial charge in [-0.3, -0.25) is 10.1 Å². The van der Waals surface area contributed by atoms with Gasteiger partial charge in [0.15, 0.2) is 5.76 Å². The molecule has 0 radical (unpaired) electrons. The van der Waals surface area contributed by atoms with Gasteiger partial charge in [0.05, 0.1) is 26.0 Å². The molecule has 1 amide bonds. The maximum absolute atomic E-state index is 12.6. The molecule has 4 N–H and O–H groups in total. The summed E-state index contributed by atoms with van der Waals surface area (Å²) in [4.78, 5) is 26.7. The SMILES string of the molecule is COCCN(CCO)c1cc(C(=O)Nc2nnc(N/C(C)=C\C=N)s2)oc(=O)c1OC. The lowest BCUT2D eigenvalue weighted by molar-refractivity contribution is 0.0991. The number of carbonyl (C=O) groups is 1. The van der Waals surface area contributed by atoms with Crippen LogP contribution in [0.4, 0.5) is 16.0 Å². The molecule has 2 heterocycles. The van der Waals surface area contributed by atoms with E-state index < -0.39 is 11.5 Å². The van der Waals surface area contributed by atoms with E-state index in [2.05, 4.69) is 20.8 Å². The summed E-state index contributed by atoms with van der Waals surface area (Å²) < 4.78 is 15.3. The number of carbonyl (C=O) groups excluding carboxylic acids is 1. The number of aromatic nitrogens is 2. The molecule has 0 fully saturated rings. The number of amides is 1. The minimum Gasteiger partial charge on any atom is -0.488 e. The molecule has 12 nitrogen and oxygen atoms in total. The van der Waals surface area contributed by atoms with Gasteiger partial charge < -0.3 is 34.6 Å². The smallest absolute Gasteiger partial charge is 0.381 e. The maximum Gasteiger partial charge on any atom is 0.381 e. The highest BCUT2D eigenvalue weighted by atomic mass is 32.1. The predicted molar refractivity (Wildman–Crippen MR) is 117 cm³/mol. The number of methoxy groups -OCH3 is 2. The van der Waals surface area contributed by atoms with E-state index in [0.29, 0.717) is 29.7 Å². The molecule has 2 rings (SSSR count). The molecule has 2 aromatic heterocycles. The van der Waals surface area contributed by atoms with E-state index in [1.807, 2.05) is 0 Å². The molecule has 168 valence electrons. The third-order valence-corrected chi connectivity index (χ3v) is 4.63. The predicted octanol–water partition coefficient (Wildman–Crippen LogP) is 1.16. The van der Waals surface area contributed by atoms with Gasteiger partial charge in [0, 0.05) is 38.2 Å². The van der Waals surface area contributed by atoms with Crippen LogP contribution in [0.5, 0.6) is 5.75 Å². The first-order chi connectivity index (χ1) is 14.9. The highest BCUT2D eigenvalue weighted by molar-refractivity contribution is 7.19. The highest BCUT2D eigenvalue weighted by Crippen LogP contribution is 2.27. The second kappa shape index (κ2) is 11.8. The molecular formula is C18H24N6O6S. The molecule has 0 atom stereocenters. The van der Waals surface area contributed by atoms with Gasteiger partial charge in [0.2, 0.25) is 16.0 Å². The van der Waals surface area contributed by atoms with E-state index in [0.717, 1.165) is 17.6 Å². The summed E-state index contributed by atoms with van der Waals surface area (Å²) in [6, 6.07) is 1.36. The van der Waals surface area contributed by atoms with Crippen molar-refractivity contribution in [3.63, 3.8) is 0 Å². The average Bonchev–Trinajstić information content (AvgIpc) is 3.17. The number of ether oxygens (including phenoxy) is 2. The second-order valence-electron chi connectivity index (χ2n) is 6.03. The lowest BCUT2D eigenvalue weighted by atomic mass is 10.2. The Morgan fingerprint density at radius 2 is 2.03 bits per heavy atom. The third-order valence-electron chi connectivity index (χ3n) is 3.88. The van der Waals surface area contributed by atoms with Gasteiger partial charge in [0.25, 0.3) is 5.91 Å². The molecule has 0 aliphatic carbocycles. The standard InChI is InChI=1S/C18H24N6O6S/c1-11(4-5-19)20-17-22-23-18(31-17)21-15(26)13-10-12(14(29-3)16(27)30-13)24(6-8-25)7-9-28-2/h4-5,10,19,25H,6-9H2,1-3H3,(H,20,22)(H,21,23,26)/b11-4-,19-5?. The quantitative estimate of drug-likeness (QED) is 0.344. The van der Waals surface area contributed by atoms with Crippen LogP contribution in [0.1, 0.15) is 17.5 Å². The number of rotatable bonds is 12. The molecule has 0 bridgehead atoms. The van der Waals surface area contributed by atoms with Crippen LogP contribution in [0, 0.1) is 5.41 Å². The summed E-state index contributed by atoms with van der Waals surface area (Å²) >= 11 is 1.07. The molecule has 31 heavy (non-hydrogen) atoms. The Labute approximate surface area is 182 Å². The summed E-state index contributed by atoms with van der Waals surface area (Å²) in [6.45, 7) is 2.45. The van der Waals surface area contributed by atoms with Crippen molar-refractivity contribution in [2.75, 3.05) is 56.1 Å². The summed E-state index contributed by atoms with van der Waals surface area (Å²) in [6.07, 6.45) is 2.66. The molecule has 0 saturated carbocycles. The number of aliphatic hydroxyl groups is 1. The van der Waals surface area contributed by atoms with Crippen molar-refractivity contribution in [3.05, 3.63) is 34.0 Å². The fourth-order valence-electron chi connectivity index (χ4n) is 2.50. The Balaban J connectivity index is 2.27. The fourth-order valence-corrected chi connectivity index (χ4v) is 3.20. The molecule has 13 heteroatoms. The number of aliphatic hydroxyl groups excluding tert-OH is 1. The van der Waals surface area contributed by atoms with Crippen LogP contribution in [0.25, 0.3) is 0 Å². The van der Waals surface area contributed by atoms with Crippen LogP contribution in [0.3, 0.4) is 0 Å². The van der Waals surface area contributed by atoms with E-state index >= 15 is 0 Å². The van der Waals surface area contributed by atoms with Crippen LogP contribution >= 0.6 is 11.3 Å². The lowest BCUT2D eigenvalue weighted by Gasteiger charge is -2.24. The Kier molecular flexibility index (Phi) is 9.12. The molecule has 0 spiro atoms. The zero-order valence-corrected chi connectivity index (χ0v) is 18.1. The van der Waals surface area contributed by atoms with Gasteiger partial charge in [-0.1, -0.05) is 11.3 Å². The number of hydrogen-bond acceptors (Lipinski definition) is 12. The van der Waals surface area contributed by atoms with Gasteiger partial charge in [0.1, 0.15) is 0 Å². The molecule has 0 saturated heterocycles. The zero-order chi connectivity index (χ0) is 22.8.